The minimum Gasteiger partial charge on any atom is -0.304 e. The van der Waals surface area contributed by atoms with E-state index in [1.165, 1.54) is 9.21 Å². The summed E-state index contributed by atoms with van der Waals surface area (Å²) < 4.78 is 27.9. The first-order valence-electron chi connectivity index (χ1n) is 10.4. The Bertz CT molecular complexity index is 898. The number of fused-ring (bicyclic) bond motifs is 1. The van der Waals surface area contributed by atoms with Crippen LogP contribution in [-0.4, -0.2) is 67.6 Å². The van der Waals surface area contributed by atoms with E-state index in [1.54, 1.807) is 19.1 Å². The van der Waals surface area contributed by atoms with Crippen LogP contribution in [0, 0.1) is 18.8 Å². The number of carbonyl (C=O) groups is 2. The zero-order valence-corrected chi connectivity index (χ0v) is 18.0. The fraction of sp³-hybridized carbons (Fsp3) is 0.619. The highest BCUT2D eigenvalue weighted by Crippen LogP contribution is 2.38. The number of benzene rings is 1. The van der Waals surface area contributed by atoms with Gasteiger partial charge in [-0.1, -0.05) is 25.0 Å². The number of amides is 2. The minimum atomic E-state index is -3.60. The van der Waals surface area contributed by atoms with Gasteiger partial charge in [0.25, 0.3) is 0 Å². The number of piperazine rings is 1. The van der Waals surface area contributed by atoms with Crippen molar-refractivity contribution in [1.29, 1.82) is 0 Å². The van der Waals surface area contributed by atoms with Gasteiger partial charge < -0.3 is 4.90 Å². The number of carbonyl (C=O) groups excluding carboxylic acids is 2. The van der Waals surface area contributed by atoms with E-state index in [1.807, 2.05) is 13.1 Å². The predicted molar refractivity (Wildman–Crippen MR) is 108 cm³/mol. The molecule has 2 heterocycles. The summed E-state index contributed by atoms with van der Waals surface area (Å²) in [6.45, 7) is 4.28. The van der Waals surface area contributed by atoms with Crippen molar-refractivity contribution in [3.05, 3.63) is 29.3 Å². The van der Waals surface area contributed by atoms with Gasteiger partial charge in [-0.3, -0.25) is 14.5 Å². The molecule has 29 heavy (non-hydrogen) atoms. The summed E-state index contributed by atoms with van der Waals surface area (Å²) in [7, 11) is -1.62. The zero-order chi connectivity index (χ0) is 20.8. The Morgan fingerprint density at radius 1 is 0.966 bits per heavy atom. The van der Waals surface area contributed by atoms with Crippen molar-refractivity contribution in [3.8, 4) is 0 Å². The molecular formula is C21H29N3O4S. The maximum atomic E-state index is 13.2. The van der Waals surface area contributed by atoms with Crippen molar-refractivity contribution >= 4 is 21.8 Å². The monoisotopic (exact) mass is 419 g/mol. The fourth-order valence-electron chi connectivity index (χ4n) is 4.76. The summed E-state index contributed by atoms with van der Waals surface area (Å²) in [4.78, 5) is 29.2. The van der Waals surface area contributed by atoms with Crippen LogP contribution < -0.4 is 0 Å². The second kappa shape index (κ2) is 7.81. The summed E-state index contributed by atoms with van der Waals surface area (Å²) >= 11 is 0. The highest BCUT2D eigenvalue weighted by molar-refractivity contribution is 7.89. The third kappa shape index (κ3) is 3.73. The lowest BCUT2D eigenvalue weighted by Gasteiger charge is -2.32. The molecule has 1 aromatic rings. The van der Waals surface area contributed by atoms with E-state index >= 15 is 0 Å². The lowest BCUT2D eigenvalue weighted by molar-refractivity contribution is -0.140. The van der Waals surface area contributed by atoms with Crippen LogP contribution in [0.15, 0.2) is 23.1 Å². The number of nitrogens with zero attached hydrogens (tertiary/aromatic N) is 3. The van der Waals surface area contributed by atoms with Gasteiger partial charge in [-0.25, -0.2) is 8.42 Å². The number of hydrogen-bond acceptors (Lipinski definition) is 5. The van der Waals surface area contributed by atoms with Crippen LogP contribution in [0.25, 0.3) is 0 Å². The van der Waals surface area contributed by atoms with Crippen LogP contribution in [0.3, 0.4) is 0 Å². The van der Waals surface area contributed by atoms with Crippen molar-refractivity contribution in [2.75, 3.05) is 33.2 Å². The van der Waals surface area contributed by atoms with Crippen molar-refractivity contribution in [2.45, 2.75) is 44.0 Å². The Morgan fingerprint density at radius 2 is 1.55 bits per heavy atom. The molecule has 2 unspecified atom stereocenters. The Balaban J connectivity index is 1.57. The SMILES string of the molecule is Cc1ccc(CN2C(=O)C3CCCCC3C2=O)cc1S(=O)(=O)N1CCN(C)CC1. The van der Waals surface area contributed by atoms with E-state index < -0.39 is 10.0 Å². The van der Waals surface area contributed by atoms with Gasteiger partial charge in [0.05, 0.1) is 23.3 Å². The van der Waals surface area contributed by atoms with Gasteiger partial charge in [0.1, 0.15) is 0 Å². The van der Waals surface area contributed by atoms with Crippen molar-refractivity contribution in [1.82, 2.24) is 14.1 Å². The Kier molecular flexibility index (Phi) is 5.52. The van der Waals surface area contributed by atoms with Gasteiger partial charge in [0, 0.05) is 26.2 Å². The molecule has 0 spiro atoms. The minimum absolute atomic E-state index is 0.0938. The van der Waals surface area contributed by atoms with Gasteiger partial charge in [-0.2, -0.15) is 4.31 Å². The van der Waals surface area contributed by atoms with Crippen molar-refractivity contribution in [2.24, 2.45) is 11.8 Å². The van der Waals surface area contributed by atoms with Crippen molar-refractivity contribution < 1.29 is 18.0 Å². The molecule has 7 nitrogen and oxygen atoms in total. The van der Waals surface area contributed by atoms with Gasteiger partial charge in [-0.05, 0) is 44.0 Å². The van der Waals surface area contributed by atoms with Crippen LogP contribution >= 0.6 is 0 Å². The number of imide groups is 1. The van der Waals surface area contributed by atoms with E-state index in [2.05, 4.69) is 4.90 Å². The largest absolute Gasteiger partial charge is 0.304 e. The number of likely N-dealkylation sites (tertiary alicyclic amines) is 1. The molecule has 158 valence electrons. The molecule has 2 amide bonds. The van der Waals surface area contributed by atoms with E-state index in [9.17, 15) is 18.0 Å². The van der Waals surface area contributed by atoms with E-state index in [0.29, 0.717) is 37.3 Å². The first-order chi connectivity index (χ1) is 13.8. The quantitative estimate of drug-likeness (QED) is 0.693. The first kappa shape index (κ1) is 20.5. The second-order valence-corrected chi connectivity index (χ2v) is 10.5. The predicted octanol–water partition coefficient (Wildman–Crippen LogP) is 1.61. The highest BCUT2D eigenvalue weighted by Gasteiger charge is 2.48. The molecule has 2 saturated heterocycles. The molecule has 2 atom stereocenters. The average Bonchev–Trinajstić information content (AvgIpc) is 2.95. The lowest BCUT2D eigenvalue weighted by Crippen LogP contribution is -2.47. The van der Waals surface area contributed by atoms with Gasteiger partial charge in [-0.15, -0.1) is 0 Å². The molecule has 2 aliphatic heterocycles. The molecule has 3 fully saturated rings. The topological polar surface area (TPSA) is 78.0 Å². The Labute approximate surface area is 172 Å². The summed E-state index contributed by atoms with van der Waals surface area (Å²) in [5.41, 5.74) is 1.36. The van der Waals surface area contributed by atoms with Gasteiger partial charge in [0.2, 0.25) is 21.8 Å². The van der Waals surface area contributed by atoms with Crippen LogP contribution in [0.2, 0.25) is 0 Å². The third-order valence-electron chi connectivity index (χ3n) is 6.61. The maximum absolute atomic E-state index is 13.2. The van der Waals surface area contributed by atoms with Gasteiger partial charge in [0.15, 0.2) is 0 Å². The number of aryl methyl sites for hydroxylation is 1. The summed E-state index contributed by atoms with van der Waals surface area (Å²) in [6.07, 6.45) is 3.54. The molecule has 4 rings (SSSR count). The Hall–Kier alpha value is -1.77. The fourth-order valence-corrected chi connectivity index (χ4v) is 6.46. The molecule has 1 aromatic carbocycles. The zero-order valence-electron chi connectivity index (χ0n) is 17.1. The first-order valence-corrected chi connectivity index (χ1v) is 11.9. The molecule has 0 bridgehead atoms. The average molecular weight is 420 g/mol. The lowest BCUT2D eigenvalue weighted by atomic mass is 9.81. The van der Waals surface area contributed by atoms with E-state index in [0.717, 1.165) is 25.7 Å². The summed E-state index contributed by atoms with van der Waals surface area (Å²) in [5, 5.41) is 0. The van der Waals surface area contributed by atoms with Crippen LogP contribution in [-0.2, 0) is 26.2 Å². The molecule has 8 heteroatoms. The number of rotatable bonds is 4. The number of likely N-dealkylation sites (N-methyl/N-ethyl adjacent to an activating group) is 1. The van der Waals surface area contributed by atoms with E-state index in [-0.39, 0.29) is 35.1 Å². The number of hydrogen-bond donors (Lipinski definition) is 0. The standard InChI is InChI=1S/C21H29N3O4S/c1-15-7-8-16(13-19(15)29(27,28)23-11-9-22(2)10-12-23)14-24-20(25)17-5-3-4-6-18(17)21(24)26/h7-8,13,17-18H,3-6,9-12,14H2,1-2H3. The van der Waals surface area contributed by atoms with Gasteiger partial charge >= 0.3 is 0 Å². The molecule has 0 N–H and O–H groups in total. The summed E-state index contributed by atoms with van der Waals surface area (Å²) in [6, 6.07) is 5.24. The normalized spacial score (nSPS) is 26.8. The third-order valence-corrected chi connectivity index (χ3v) is 8.65. The second-order valence-electron chi connectivity index (χ2n) is 8.57. The van der Waals surface area contributed by atoms with E-state index in [4.69, 9.17) is 0 Å². The maximum Gasteiger partial charge on any atom is 0.243 e. The molecule has 3 aliphatic rings. The van der Waals surface area contributed by atoms with Crippen LogP contribution in [0.5, 0.6) is 0 Å². The highest BCUT2D eigenvalue weighted by atomic mass is 32.2. The molecule has 1 aliphatic carbocycles. The molecule has 1 saturated carbocycles. The van der Waals surface area contributed by atoms with Crippen molar-refractivity contribution in [3.63, 3.8) is 0 Å². The smallest absolute Gasteiger partial charge is 0.243 e. The molecular weight excluding hydrogens is 390 g/mol. The van der Waals surface area contributed by atoms with Crippen LogP contribution in [0.4, 0.5) is 0 Å². The summed E-state index contributed by atoms with van der Waals surface area (Å²) in [5.74, 6) is -0.557. The molecule has 0 radical (unpaired) electrons. The van der Waals surface area contributed by atoms with Crippen LogP contribution in [0.1, 0.15) is 36.8 Å². The molecule has 0 aromatic heterocycles. The number of sulfonamides is 1. The Morgan fingerprint density at radius 3 is 2.14 bits per heavy atom.